The highest BCUT2D eigenvalue weighted by atomic mass is 32.2. The van der Waals surface area contributed by atoms with Crippen molar-refractivity contribution in [1.29, 1.82) is 0 Å². The molecule has 1 atom stereocenters. The monoisotopic (exact) mass is 375 g/mol. The highest BCUT2D eigenvalue weighted by molar-refractivity contribution is 7.90. The third-order valence-corrected chi connectivity index (χ3v) is 5.60. The van der Waals surface area contributed by atoms with Crippen molar-refractivity contribution < 1.29 is 23.1 Å². The molecule has 0 heterocycles. The molecule has 0 aliphatic carbocycles. The SMILES string of the molecule is CC(C)[C@H](NC(=O)c1ccc(S(=O)(=O)Cc2ccccc2)cc1)C(=O)O. The van der Waals surface area contributed by atoms with Crippen LogP contribution in [0.25, 0.3) is 0 Å². The van der Waals surface area contributed by atoms with Gasteiger partial charge in [0.15, 0.2) is 9.84 Å². The number of amides is 1. The Bertz CT molecular complexity index is 874. The van der Waals surface area contributed by atoms with Crippen LogP contribution >= 0.6 is 0 Å². The molecule has 6 nitrogen and oxygen atoms in total. The third-order valence-electron chi connectivity index (χ3n) is 3.89. The zero-order valence-corrected chi connectivity index (χ0v) is 15.4. The number of rotatable bonds is 7. The number of carbonyl (C=O) groups is 2. The van der Waals surface area contributed by atoms with E-state index >= 15 is 0 Å². The Kier molecular flexibility index (Phi) is 6.15. The van der Waals surface area contributed by atoms with Crippen LogP contribution in [0.15, 0.2) is 59.5 Å². The Morgan fingerprint density at radius 3 is 2.08 bits per heavy atom. The number of hydrogen-bond acceptors (Lipinski definition) is 4. The third kappa shape index (κ3) is 4.92. The van der Waals surface area contributed by atoms with E-state index in [0.29, 0.717) is 5.56 Å². The molecule has 0 radical (unpaired) electrons. The summed E-state index contributed by atoms with van der Waals surface area (Å²) in [6, 6.07) is 13.3. The van der Waals surface area contributed by atoms with E-state index in [-0.39, 0.29) is 22.1 Å². The van der Waals surface area contributed by atoms with Crippen LogP contribution in [0.3, 0.4) is 0 Å². The summed E-state index contributed by atoms with van der Waals surface area (Å²) in [5, 5.41) is 11.6. The molecule has 2 rings (SSSR count). The summed E-state index contributed by atoms with van der Waals surface area (Å²) >= 11 is 0. The fraction of sp³-hybridized carbons (Fsp3) is 0.263. The summed E-state index contributed by atoms with van der Waals surface area (Å²) < 4.78 is 24.9. The van der Waals surface area contributed by atoms with Crippen LogP contribution in [-0.2, 0) is 20.4 Å². The Morgan fingerprint density at radius 2 is 1.58 bits per heavy atom. The van der Waals surface area contributed by atoms with Gasteiger partial charge < -0.3 is 10.4 Å². The zero-order chi connectivity index (χ0) is 19.3. The number of carbonyl (C=O) groups excluding carboxylic acids is 1. The van der Waals surface area contributed by atoms with Gasteiger partial charge in [0.2, 0.25) is 0 Å². The van der Waals surface area contributed by atoms with Crippen molar-refractivity contribution in [3.63, 3.8) is 0 Å². The topological polar surface area (TPSA) is 101 Å². The van der Waals surface area contributed by atoms with Crippen molar-refractivity contribution >= 4 is 21.7 Å². The van der Waals surface area contributed by atoms with Crippen LogP contribution < -0.4 is 5.32 Å². The lowest BCUT2D eigenvalue weighted by atomic mass is 10.0. The molecule has 2 N–H and O–H groups in total. The highest BCUT2D eigenvalue weighted by Crippen LogP contribution is 2.17. The largest absolute Gasteiger partial charge is 0.480 e. The number of carboxylic acids is 1. The Morgan fingerprint density at radius 1 is 1.00 bits per heavy atom. The van der Waals surface area contributed by atoms with E-state index in [2.05, 4.69) is 5.32 Å². The molecule has 0 fully saturated rings. The molecule has 0 bridgehead atoms. The molecule has 0 aliphatic rings. The number of aliphatic carboxylic acids is 1. The molecule has 26 heavy (non-hydrogen) atoms. The summed E-state index contributed by atoms with van der Waals surface area (Å²) in [7, 11) is -3.53. The predicted molar refractivity (Wildman–Crippen MR) is 97.5 cm³/mol. The fourth-order valence-electron chi connectivity index (χ4n) is 2.43. The lowest BCUT2D eigenvalue weighted by Gasteiger charge is -2.17. The van der Waals surface area contributed by atoms with Crippen molar-refractivity contribution in [3.8, 4) is 0 Å². The molecular formula is C19H21NO5S. The molecule has 7 heteroatoms. The van der Waals surface area contributed by atoms with Gasteiger partial charge in [-0.05, 0) is 35.7 Å². The molecule has 0 saturated heterocycles. The molecule has 2 aromatic rings. The Hall–Kier alpha value is -2.67. The van der Waals surface area contributed by atoms with Gasteiger partial charge >= 0.3 is 5.97 Å². The van der Waals surface area contributed by atoms with Gasteiger partial charge in [-0.1, -0.05) is 44.2 Å². The normalized spacial score (nSPS) is 12.6. The van der Waals surface area contributed by atoms with E-state index in [1.807, 2.05) is 6.07 Å². The van der Waals surface area contributed by atoms with E-state index in [9.17, 15) is 18.0 Å². The van der Waals surface area contributed by atoms with Crippen LogP contribution in [0.2, 0.25) is 0 Å². The average molecular weight is 375 g/mol. The maximum atomic E-state index is 12.5. The van der Waals surface area contributed by atoms with E-state index in [4.69, 9.17) is 5.11 Å². The minimum absolute atomic E-state index is 0.108. The summed E-state index contributed by atoms with van der Waals surface area (Å²) in [5.74, 6) is -2.08. The summed E-state index contributed by atoms with van der Waals surface area (Å²) in [6.07, 6.45) is 0. The first-order valence-electron chi connectivity index (χ1n) is 8.11. The van der Waals surface area contributed by atoms with E-state index in [0.717, 1.165) is 0 Å². The summed E-state index contributed by atoms with van der Waals surface area (Å²) in [6.45, 7) is 3.39. The summed E-state index contributed by atoms with van der Waals surface area (Å²) in [4.78, 5) is 23.5. The molecule has 2 aromatic carbocycles. The van der Waals surface area contributed by atoms with Crippen LogP contribution in [0.4, 0.5) is 0 Å². The quantitative estimate of drug-likeness (QED) is 0.774. The van der Waals surface area contributed by atoms with E-state index in [1.54, 1.807) is 38.1 Å². The van der Waals surface area contributed by atoms with Gasteiger partial charge in [-0.15, -0.1) is 0 Å². The van der Waals surface area contributed by atoms with Gasteiger partial charge in [-0.3, -0.25) is 4.79 Å². The van der Waals surface area contributed by atoms with Crippen molar-refractivity contribution in [3.05, 3.63) is 65.7 Å². The number of nitrogens with one attached hydrogen (secondary N) is 1. The van der Waals surface area contributed by atoms with Crippen molar-refractivity contribution in [2.75, 3.05) is 0 Å². The standard InChI is InChI=1S/C19H21NO5S/c1-13(2)17(19(22)23)20-18(21)15-8-10-16(11-9-15)26(24,25)12-14-6-4-3-5-7-14/h3-11,13,17H,12H2,1-2H3,(H,20,21)(H,22,23)/t17-/m0/s1. The van der Waals surface area contributed by atoms with Gasteiger partial charge in [0.05, 0.1) is 10.6 Å². The van der Waals surface area contributed by atoms with Gasteiger partial charge in [0.25, 0.3) is 5.91 Å². The van der Waals surface area contributed by atoms with Crippen LogP contribution in [0.1, 0.15) is 29.8 Å². The molecule has 0 saturated carbocycles. The minimum Gasteiger partial charge on any atom is -0.480 e. The first-order valence-corrected chi connectivity index (χ1v) is 9.76. The first-order chi connectivity index (χ1) is 12.2. The van der Waals surface area contributed by atoms with Crippen LogP contribution in [0, 0.1) is 5.92 Å². The van der Waals surface area contributed by atoms with Crippen molar-refractivity contribution in [1.82, 2.24) is 5.32 Å². The second-order valence-electron chi connectivity index (χ2n) is 6.30. The minimum atomic E-state index is -3.53. The molecule has 1 amide bonds. The highest BCUT2D eigenvalue weighted by Gasteiger charge is 2.24. The smallest absolute Gasteiger partial charge is 0.326 e. The molecule has 0 aromatic heterocycles. The maximum absolute atomic E-state index is 12.5. The molecule has 138 valence electrons. The average Bonchev–Trinajstić information content (AvgIpc) is 2.59. The van der Waals surface area contributed by atoms with Gasteiger partial charge in [-0.2, -0.15) is 0 Å². The number of benzene rings is 2. The second kappa shape index (κ2) is 8.14. The zero-order valence-electron chi connectivity index (χ0n) is 14.5. The Balaban J connectivity index is 2.14. The maximum Gasteiger partial charge on any atom is 0.326 e. The number of sulfone groups is 1. The van der Waals surface area contributed by atoms with E-state index in [1.165, 1.54) is 24.3 Å². The van der Waals surface area contributed by atoms with Gasteiger partial charge in [0.1, 0.15) is 6.04 Å². The lowest BCUT2D eigenvalue weighted by molar-refractivity contribution is -0.140. The molecular weight excluding hydrogens is 354 g/mol. The molecule has 0 aliphatic heterocycles. The summed E-state index contributed by atoms with van der Waals surface area (Å²) in [5.41, 5.74) is 0.881. The predicted octanol–water partition coefficient (Wildman–Crippen LogP) is 2.50. The van der Waals surface area contributed by atoms with Crippen LogP contribution in [0.5, 0.6) is 0 Å². The second-order valence-corrected chi connectivity index (χ2v) is 8.29. The Labute approximate surface area is 152 Å². The van der Waals surface area contributed by atoms with Gasteiger partial charge in [0, 0.05) is 5.56 Å². The molecule has 0 unspecified atom stereocenters. The number of carboxylic acid groups (broad SMARTS) is 1. The number of hydrogen-bond donors (Lipinski definition) is 2. The van der Waals surface area contributed by atoms with Gasteiger partial charge in [-0.25, -0.2) is 13.2 Å². The molecule has 0 spiro atoms. The van der Waals surface area contributed by atoms with Crippen molar-refractivity contribution in [2.24, 2.45) is 5.92 Å². The fourth-order valence-corrected chi connectivity index (χ4v) is 3.78. The van der Waals surface area contributed by atoms with Crippen LogP contribution in [-0.4, -0.2) is 31.4 Å². The first kappa shape index (κ1) is 19.7. The van der Waals surface area contributed by atoms with E-state index < -0.39 is 27.8 Å². The van der Waals surface area contributed by atoms with Crippen molar-refractivity contribution in [2.45, 2.75) is 30.5 Å². The lowest BCUT2D eigenvalue weighted by Crippen LogP contribution is -2.44.